The summed E-state index contributed by atoms with van der Waals surface area (Å²) >= 11 is 0. The molecule has 0 spiro atoms. The predicted molar refractivity (Wildman–Crippen MR) is 119 cm³/mol. The predicted octanol–water partition coefficient (Wildman–Crippen LogP) is 8.01. The van der Waals surface area contributed by atoms with Gasteiger partial charge in [-0.3, -0.25) is 0 Å². The summed E-state index contributed by atoms with van der Waals surface area (Å²) in [6, 6.07) is 15.0. The molecular weight excluding hydrogens is 454 g/mol. The van der Waals surface area contributed by atoms with Crippen molar-refractivity contribution in [2.24, 2.45) is 0 Å². The van der Waals surface area contributed by atoms with Gasteiger partial charge in [0.1, 0.15) is 11.6 Å². The summed E-state index contributed by atoms with van der Waals surface area (Å²) in [5.41, 5.74) is 2.43. The Morgan fingerprint density at radius 3 is 2.09 bits per heavy atom. The maximum Gasteiger partial charge on any atom is 0.387 e. The van der Waals surface area contributed by atoms with Gasteiger partial charge in [-0.05, 0) is 71.2 Å². The third kappa shape index (κ3) is 4.88. The molecule has 34 heavy (non-hydrogen) atoms. The van der Waals surface area contributed by atoms with Crippen LogP contribution in [-0.4, -0.2) is 6.61 Å². The molecule has 0 aliphatic carbocycles. The number of hydrogen-bond donors (Lipinski definition) is 0. The van der Waals surface area contributed by atoms with E-state index >= 15 is 4.39 Å². The van der Waals surface area contributed by atoms with E-state index in [0.717, 1.165) is 24.1 Å². The Labute approximate surface area is 192 Å². The standard InChI is InChI=1S/C27H20F6O/c1-2-15-4-9-20(22(28)11-15)18-8-10-21-19(14-18)7-6-17(25(21)31)5-3-16-12-23(29)26(24(30)13-16)34-27(32)33/h4,6-14,27H,2-3,5H2,1H3. The molecule has 0 amide bonds. The number of rotatable bonds is 7. The molecule has 4 aromatic carbocycles. The van der Waals surface area contributed by atoms with Gasteiger partial charge in [-0.1, -0.05) is 43.3 Å². The van der Waals surface area contributed by atoms with Crippen molar-refractivity contribution in [3.63, 3.8) is 0 Å². The molecule has 0 saturated carbocycles. The van der Waals surface area contributed by atoms with Crippen molar-refractivity contribution >= 4 is 10.8 Å². The first-order chi connectivity index (χ1) is 16.3. The number of fused-ring (bicyclic) bond motifs is 1. The second-order valence-corrected chi connectivity index (χ2v) is 7.91. The molecule has 7 heteroatoms. The molecule has 0 aromatic heterocycles. The van der Waals surface area contributed by atoms with Crippen LogP contribution in [0.1, 0.15) is 23.6 Å². The van der Waals surface area contributed by atoms with Gasteiger partial charge in [0.05, 0.1) is 0 Å². The van der Waals surface area contributed by atoms with Gasteiger partial charge in [0, 0.05) is 10.9 Å². The van der Waals surface area contributed by atoms with E-state index in [2.05, 4.69) is 4.74 Å². The zero-order valence-corrected chi connectivity index (χ0v) is 18.1. The van der Waals surface area contributed by atoms with Crippen LogP contribution >= 0.6 is 0 Å². The lowest BCUT2D eigenvalue weighted by Crippen LogP contribution is -2.06. The topological polar surface area (TPSA) is 9.23 Å². The smallest absolute Gasteiger partial charge is 0.387 e. The number of halogens is 6. The summed E-state index contributed by atoms with van der Waals surface area (Å²) in [5.74, 6) is -4.47. The summed E-state index contributed by atoms with van der Waals surface area (Å²) in [7, 11) is 0. The van der Waals surface area contributed by atoms with Crippen molar-refractivity contribution in [3.8, 4) is 16.9 Å². The Kier molecular flexibility index (Phi) is 6.82. The van der Waals surface area contributed by atoms with Crippen LogP contribution in [0.3, 0.4) is 0 Å². The van der Waals surface area contributed by atoms with E-state index < -0.39 is 29.8 Å². The van der Waals surface area contributed by atoms with E-state index in [1.54, 1.807) is 36.4 Å². The van der Waals surface area contributed by atoms with Crippen LogP contribution in [0.4, 0.5) is 26.3 Å². The monoisotopic (exact) mass is 474 g/mol. The Hall–Kier alpha value is -3.48. The fourth-order valence-corrected chi connectivity index (χ4v) is 3.95. The summed E-state index contributed by atoms with van der Waals surface area (Å²) in [4.78, 5) is 0. The first kappa shape index (κ1) is 23.7. The van der Waals surface area contributed by atoms with E-state index in [0.29, 0.717) is 27.5 Å². The summed E-state index contributed by atoms with van der Waals surface area (Å²) in [6.07, 6.45) is 0.929. The second-order valence-electron chi connectivity index (χ2n) is 7.91. The number of aryl methyl sites for hydroxylation is 3. The molecule has 0 unspecified atom stereocenters. The van der Waals surface area contributed by atoms with Crippen molar-refractivity contribution in [3.05, 3.63) is 101 Å². The van der Waals surface area contributed by atoms with Gasteiger partial charge < -0.3 is 4.74 Å². The molecule has 0 aliphatic rings. The number of benzene rings is 4. The molecule has 0 N–H and O–H groups in total. The average Bonchev–Trinajstić information content (AvgIpc) is 2.80. The molecular formula is C27H20F6O. The highest BCUT2D eigenvalue weighted by Gasteiger charge is 2.17. The van der Waals surface area contributed by atoms with Crippen LogP contribution in [0.5, 0.6) is 5.75 Å². The lowest BCUT2D eigenvalue weighted by atomic mass is 9.96. The third-order valence-corrected chi connectivity index (χ3v) is 5.73. The molecule has 0 saturated heterocycles. The number of alkyl halides is 2. The van der Waals surface area contributed by atoms with Gasteiger partial charge in [-0.25, -0.2) is 17.6 Å². The summed E-state index contributed by atoms with van der Waals surface area (Å²) in [5, 5.41) is 0.924. The van der Waals surface area contributed by atoms with Crippen molar-refractivity contribution in [2.45, 2.75) is 32.8 Å². The van der Waals surface area contributed by atoms with E-state index in [4.69, 9.17) is 0 Å². The summed E-state index contributed by atoms with van der Waals surface area (Å²) in [6.45, 7) is -1.41. The Bertz CT molecular complexity index is 1330. The third-order valence-electron chi connectivity index (χ3n) is 5.73. The molecule has 4 rings (SSSR count). The van der Waals surface area contributed by atoms with Crippen LogP contribution in [0, 0.1) is 23.3 Å². The minimum atomic E-state index is -3.35. The average molecular weight is 474 g/mol. The van der Waals surface area contributed by atoms with Gasteiger partial charge >= 0.3 is 6.61 Å². The maximum absolute atomic E-state index is 15.1. The molecule has 0 fully saturated rings. The van der Waals surface area contributed by atoms with Crippen LogP contribution < -0.4 is 4.74 Å². The van der Waals surface area contributed by atoms with E-state index in [9.17, 15) is 22.0 Å². The van der Waals surface area contributed by atoms with Gasteiger partial charge in [0.25, 0.3) is 0 Å². The minimum Gasteiger partial charge on any atom is -0.429 e. The van der Waals surface area contributed by atoms with Crippen LogP contribution in [-0.2, 0) is 19.3 Å². The maximum atomic E-state index is 15.1. The molecule has 0 atom stereocenters. The van der Waals surface area contributed by atoms with E-state index in [1.807, 2.05) is 13.0 Å². The van der Waals surface area contributed by atoms with Gasteiger partial charge in [-0.2, -0.15) is 8.78 Å². The lowest BCUT2D eigenvalue weighted by molar-refractivity contribution is -0.0546. The molecule has 1 nitrogen and oxygen atoms in total. The second kappa shape index (κ2) is 9.79. The molecule has 0 radical (unpaired) electrons. The van der Waals surface area contributed by atoms with E-state index in [1.165, 1.54) is 6.07 Å². The lowest BCUT2D eigenvalue weighted by Gasteiger charge is -2.11. The molecule has 0 aliphatic heterocycles. The first-order valence-corrected chi connectivity index (χ1v) is 10.7. The molecule has 176 valence electrons. The van der Waals surface area contributed by atoms with Crippen molar-refractivity contribution < 1.29 is 31.1 Å². The Balaban J connectivity index is 1.57. The Morgan fingerprint density at radius 1 is 0.735 bits per heavy atom. The highest BCUT2D eigenvalue weighted by molar-refractivity contribution is 5.88. The Morgan fingerprint density at radius 2 is 1.44 bits per heavy atom. The fourth-order valence-electron chi connectivity index (χ4n) is 3.95. The first-order valence-electron chi connectivity index (χ1n) is 10.7. The zero-order valence-electron chi connectivity index (χ0n) is 18.1. The number of hydrogen-bond acceptors (Lipinski definition) is 1. The highest BCUT2D eigenvalue weighted by atomic mass is 19.3. The molecule has 0 heterocycles. The fraction of sp³-hybridized carbons (Fsp3) is 0.185. The van der Waals surface area contributed by atoms with Crippen LogP contribution in [0.15, 0.2) is 60.7 Å². The van der Waals surface area contributed by atoms with Crippen molar-refractivity contribution in [1.82, 2.24) is 0 Å². The van der Waals surface area contributed by atoms with Gasteiger partial charge in [0.15, 0.2) is 17.4 Å². The van der Waals surface area contributed by atoms with E-state index in [-0.39, 0.29) is 24.2 Å². The van der Waals surface area contributed by atoms with Crippen LogP contribution in [0.25, 0.3) is 21.9 Å². The SMILES string of the molecule is CCc1ccc(-c2ccc3c(F)c(CCc4cc(F)c(OC(F)F)c(F)c4)ccc3c2)c(F)c1. The van der Waals surface area contributed by atoms with Gasteiger partial charge in [0.2, 0.25) is 0 Å². The number of ether oxygens (including phenoxy) is 1. The van der Waals surface area contributed by atoms with Crippen molar-refractivity contribution in [2.75, 3.05) is 0 Å². The largest absolute Gasteiger partial charge is 0.429 e. The summed E-state index contributed by atoms with van der Waals surface area (Å²) < 4.78 is 85.9. The normalized spacial score (nSPS) is 11.4. The molecule has 4 aromatic rings. The highest BCUT2D eigenvalue weighted by Crippen LogP contribution is 2.30. The molecule has 0 bridgehead atoms. The van der Waals surface area contributed by atoms with Crippen molar-refractivity contribution in [1.29, 1.82) is 0 Å². The quantitative estimate of drug-likeness (QED) is 0.247. The minimum absolute atomic E-state index is 0.0816. The van der Waals surface area contributed by atoms with Gasteiger partial charge in [-0.15, -0.1) is 0 Å². The zero-order chi connectivity index (χ0) is 24.4. The van der Waals surface area contributed by atoms with Crippen LogP contribution in [0.2, 0.25) is 0 Å².